The third-order valence-corrected chi connectivity index (χ3v) is 2.08. The van der Waals surface area contributed by atoms with Crippen LogP contribution in [0.1, 0.15) is 6.42 Å². The molecule has 7 heteroatoms. The minimum Gasteiger partial charge on any atom is -0.468 e. The molecule has 1 unspecified atom stereocenters. The molecule has 0 radical (unpaired) electrons. The minimum absolute atomic E-state index is 0. The van der Waals surface area contributed by atoms with E-state index in [1.807, 2.05) is 0 Å². The third kappa shape index (κ3) is 5.89. The van der Waals surface area contributed by atoms with Crippen LogP contribution in [0.4, 0.5) is 0 Å². The lowest BCUT2D eigenvalue weighted by atomic mass is 10.2. The van der Waals surface area contributed by atoms with Crippen molar-refractivity contribution in [2.24, 2.45) is 0 Å². The Morgan fingerprint density at radius 3 is 2.88 bits per heavy atom. The summed E-state index contributed by atoms with van der Waals surface area (Å²) in [5.41, 5.74) is 0. The van der Waals surface area contributed by atoms with E-state index in [2.05, 4.69) is 15.4 Å². The van der Waals surface area contributed by atoms with Gasteiger partial charge in [-0.1, -0.05) is 0 Å². The second kappa shape index (κ2) is 8.32. The van der Waals surface area contributed by atoms with E-state index in [4.69, 9.17) is 4.74 Å². The number of esters is 1. The molecule has 1 aliphatic rings. The lowest BCUT2D eigenvalue weighted by Crippen LogP contribution is -2.42. The van der Waals surface area contributed by atoms with Gasteiger partial charge >= 0.3 is 5.97 Å². The summed E-state index contributed by atoms with van der Waals surface area (Å²) in [6.07, 6.45) is 0.167. The molecule has 16 heavy (non-hydrogen) atoms. The lowest BCUT2D eigenvalue weighted by molar-refractivity contribution is -0.141. The summed E-state index contributed by atoms with van der Waals surface area (Å²) < 4.78 is 9.74. The summed E-state index contributed by atoms with van der Waals surface area (Å²) in [5, 5.41) is 5.58. The van der Waals surface area contributed by atoms with E-state index >= 15 is 0 Å². The zero-order valence-corrected chi connectivity index (χ0v) is 9.97. The monoisotopic (exact) mass is 252 g/mol. The molecule has 94 valence electrons. The van der Waals surface area contributed by atoms with Crippen molar-refractivity contribution in [3.05, 3.63) is 0 Å². The molecular formula is C9H17ClN2O4. The molecule has 1 aliphatic heterocycles. The van der Waals surface area contributed by atoms with Crippen molar-refractivity contribution in [2.45, 2.75) is 12.5 Å². The van der Waals surface area contributed by atoms with Crippen molar-refractivity contribution in [1.82, 2.24) is 10.6 Å². The van der Waals surface area contributed by atoms with Gasteiger partial charge in [-0.05, 0) is 0 Å². The molecule has 1 amide bonds. The molecule has 1 fully saturated rings. The number of carbonyl (C=O) groups excluding carboxylic acids is 2. The van der Waals surface area contributed by atoms with Gasteiger partial charge < -0.3 is 20.1 Å². The van der Waals surface area contributed by atoms with Crippen LogP contribution in [0.2, 0.25) is 0 Å². The Morgan fingerprint density at radius 1 is 1.56 bits per heavy atom. The number of methoxy groups -OCH3 is 1. The van der Waals surface area contributed by atoms with Crippen LogP contribution in [0.15, 0.2) is 0 Å². The second-order valence-electron chi connectivity index (χ2n) is 3.25. The molecule has 6 nitrogen and oxygen atoms in total. The van der Waals surface area contributed by atoms with Crippen LogP contribution < -0.4 is 10.6 Å². The molecular weight excluding hydrogens is 236 g/mol. The maximum absolute atomic E-state index is 11.3. The topological polar surface area (TPSA) is 76.7 Å². The maximum atomic E-state index is 11.3. The summed E-state index contributed by atoms with van der Waals surface area (Å²) in [7, 11) is 1.28. The van der Waals surface area contributed by atoms with Crippen LogP contribution in [-0.2, 0) is 19.1 Å². The number of amides is 1. The standard InChI is InChI=1S/C9H16N2O4.ClH/c1-14-9(13)6-11-8(12)4-7-5-10-2-3-15-7;/h7,10H,2-6H2,1H3,(H,11,12);1H. The molecule has 1 heterocycles. The average molecular weight is 253 g/mol. The zero-order chi connectivity index (χ0) is 11.1. The zero-order valence-electron chi connectivity index (χ0n) is 9.15. The quantitative estimate of drug-likeness (QED) is 0.633. The number of ether oxygens (including phenoxy) is 2. The van der Waals surface area contributed by atoms with E-state index in [9.17, 15) is 9.59 Å². The molecule has 1 atom stereocenters. The highest BCUT2D eigenvalue weighted by atomic mass is 35.5. The van der Waals surface area contributed by atoms with E-state index in [1.165, 1.54) is 7.11 Å². The van der Waals surface area contributed by atoms with E-state index in [0.717, 1.165) is 6.54 Å². The summed E-state index contributed by atoms with van der Waals surface area (Å²) in [4.78, 5) is 22.0. The van der Waals surface area contributed by atoms with Crippen molar-refractivity contribution in [1.29, 1.82) is 0 Å². The number of morpholine rings is 1. The van der Waals surface area contributed by atoms with Crippen LogP contribution >= 0.6 is 12.4 Å². The highest BCUT2D eigenvalue weighted by Crippen LogP contribution is 2.00. The smallest absolute Gasteiger partial charge is 0.325 e. The van der Waals surface area contributed by atoms with Crippen molar-refractivity contribution >= 4 is 24.3 Å². The van der Waals surface area contributed by atoms with Gasteiger partial charge in [0.05, 0.1) is 26.2 Å². The van der Waals surface area contributed by atoms with Crippen molar-refractivity contribution < 1.29 is 19.1 Å². The first-order valence-corrected chi connectivity index (χ1v) is 4.88. The molecule has 0 aromatic carbocycles. The van der Waals surface area contributed by atoms with E-state index in [0.29, 0.717) is 13.2 Å². The Bertz CT molecular complexity index is 232. The molecule has 0 aromatic rings. The van der Waals surface area contributed by atoms with Crippen LogP contribution in [0.5, 0.6) is 0 Å². The van der Waals surface area contributed by atoms with Gasteiger partial charge in [0.2, 0.25) is 5.91 Å². The van der Waals surface area contributed by atoms with Gasteiger partial charge in [-0.2, -0.15) is 0 Å². The Labute approximate surface area is 100 Å². The average Bonchev–Trinajstić information content (AvgIpc) is 2.27. The molecule has 2 N–H and O–H groups in total. The molecule has 0 saturated carbocycles. The fraction of sp³-hybridized carbons (Fsp3) is 0.778. The predicted molar refractivity (Wildman–Crippen MR) is 59.5 cm³/mol. The molecule has 1 rings (SSSR count). The van der Waals surface area contributed by atoms with Crippen LogP contribution in [-0.4, -0.2) is 51.3 Å². The largest absolute Gasteiger partial charge is 0.468 e. The van der Waals surface area contributed by atoms with Crippen LogP contribution in [0, 0.1) is 0 Å². The summed E-state index contributed by atoms with van der Waals surface area (Å²) >= 11 is 0. The number of hydrogen-bond donors (Lipinski definition) is 2. The minimum atomic E-state index is -0.453. The maximum Gasteiger partial charge on any atom is 0.325 e. The fourth-order valence-corrected chi connectivity index (χ4v) is 1.27. The van der Waals surface area contributed by atoms with E-state index in [1.54, 1.807) is 0 Å². The first-order valence-electron chi connectivity index (χ1n) is 4.88. The molecule has 0 bridgehead atoms. The Hall–Kier alpha value is -0.850. The van der Waals surface area contributed by atoms with Crippen molar-refractivity contribution in [2.75, 3.05) is 33.4 Å². The predicted octanol–water partition coefficient (Wildman–Crippen LogP) is -0.924. The Kier molecular flexibility index (Phi) is 7.88. The SMILES string of the molecule is COC(=O)CNC(=O)CC1CNCCO1.Cl. The summed E-state index contributed by atoms with van der Waals surface area (Å²) in [5.74, 6) is -0.653. The van der Waals surface area contributed by atoms with Crippen molar-refractivity contribution in [3.63, 3.8) is 0 Å². The highest BCUT2D eigenvalue weighted by Gasteiger charge is 2.17. The third-order valence-electron chi connectivity index (χ3n) is 2.08. The summed E-state index contributed by atoms with van der Waals surface area (Å²) in [6.45, 7) is 2.02. The number of hydrogen-bond acceptors (Lipinski definition) is 5. The van der Waals surface area contributed by atoms with Crippen LogP contribution in [0.3, 0.4) is 0 Å². The number of nitrogens with one attached hydrogen (secondary N) is 2. The molecule has 0 aromatic heterocycles. The van der Waals surface area contributed by atoms with Gasteiger partial charge in [0.15, 0.2) is 0 Å². The number of halogens is 1. The number of rotatable bonds is 4. The Balaban J connectivity index is 0.00000225. The summed E-state index contributed by atoms with van der Waals surface area (Å²) in [6, 6.07) is 0. The fourth-order valence-electron chi connectivity index (χ4n) is 1.27. The van der Waals surface area contributed by atoms with Gasteiger partial charge in [0, 0.05) is 13.1 Å². The van der Waals surface area contributed by atoms with Crippen LogP contribution in [0.25, 0.3) is 0 Å². The second-order valence-corrected chi connectivity index (χ2v) is 3.25. The molecule has 0 spiro atoms. The first kappa shape index (κ1) is 15.2. The number of carbonyl (C=O) groups is 2. The highest BCUT2D eigenvalue weighted by molar-refractivity contribution is 5.85. The van der Waals surface area contributed by atoms with Gasteiger partial charge in [0.1, 0.15) is 6.54 Å². The van der Waals surface area contributed by atoms with Gasteiger partial charge in [-0.25, -0.2) is 0 Å². The first-order chi connectivity index (χ1) is 7.22. The molecule has 0 aliphatic carbocycles. The van der Waals surface area contributed by atoms with Gasteiger partial charge in [0.25, 0.3) is 0 Å². The normalized spacial score (nSPS) is 19.4. The lowest BCUT2D eigenvalue weighted by Gasteiger charge is -2.22. The molecule has 1 saturated heterocycles. The van der Waals surface area contributed by atoms with E-state index < -0.39 is 5.97 Å². The Morgan fingerprint density at radius 2 is 2.31 bits per heavy atom. The van der Waals surface area contributed by atoms with Gasteiger partial charge in [-0.3, -0.25) is 9.59 Å². The van der Waals surface area contributed by atoms with Gasteiger partial charge in [-0.15, -0.1) is 12.4 Å². The van der Waals surface area contributed by atoms with Crippen molar-refractivity contribution in [3.8, 4) is 0 Å². The van der Waals surface area contributed by atoms with E-state index in [-0.39, 0.29) is 37.4 Å².